The molecule has 1 aliphatic rings. The molecule has 2 N–H and O–H groups in total. The summed E-state index contributed by atoms with van der Waals surface area (Å²) in [5.74, 6) is 0.511. The average molecular weight is 536 g/mol. The summed E-state index contributed by atoms with van der Waals surface area (Å²) in [6, 6.07) is 11.7. The quantitative estimate of drug-likeness (QED) is 0.205. The van der Waals surface area contributed by atoms with Crippen molar-refractivity contribution in [3.8, 4) is 27.4 Å². The van der Waals surface area contributed by atoms with Gasteiger partial charge in [-0.1, -0.05) is 12.8 Å². The van der Waals surface area contributed by atoms with Crippen molar-refractivity contribution >= 4 is 39.6 Å². The first-order valence-electron chi connectivity index (χ1n) is 12.3. The number of aromatic nitrogens is 2. The molecule has 3 heterocycles. The summed E-state index contributed by atoms with van der Waals surface area (Å²) in [7, 11) is 1.65. The highest BCUT2D eigenvalue weighted by molar-refractivity contribution is 7.16. The number of aryl methyl sites for hydroxylation is 1. The lowest BCUT2D eigenvalue weighted by molar-refractivity contribution is 0.0697. The maximum Gasteiger partial charge on any atom is 0.339 e. The average Bonchev–Trinajstić information content (AvgIpc) is 3.66. The molecule has 7 nitrogen and oxygen atoms in total. The molecule has 0 atom stereocenters. The maximum atomic E-state index is 12.1. The molecule has 1 fully saturated rings. The van der Waals surface area contributed by atoms with Gasteiger partial charge in [-0.05, 0) is 73.0 Å². The van der Waals surface area contributed by atoms with Crippen LogP contribution in [0.1, 0.15) is 52.4 Å². The van der Waals surface area contributed by atoms with Crippen LogP contribution in [-0.2, 0) is 4.74 Å². The predicted octanol–water partition coefficient (Wildman–Crippen LogP) is 7.37. The van der Waals surface area contributed by atoms with Crippen molar-refractivity contribution in [2.45, 2.75) is 38.5 Å². The van der Waals surface area contributed by atoms with Crippen molar-refractivity contribution in [1.29, 1.82) is 0 Å². The van der Waals surface area contributed by atoms with Crippen molar-refractivity contribution in [3.05, 3.63) is 64.0 Å². The second kappa shape index (κ2) is 11.4. The number of nitrogens with one attached hydrogen (secondary N) is 1. The number of thiazole rings is 1. The van der Waals surface area contributed by atoms with Crippen LogP contribution in [0.15, 0.2) is 48.0 Å². The van der Waals surface area contributed by atoms with E-state index in [-0.39, 0.29) is 5.56 Å². The highest BCUT2D eigenvalue weighted by atomic mass is 32.1. The Morgan fingerprint density at radius 2 is 1.92 bits per heavy atom. The molecule has 0 spiro atoms. The lowest BCUT2D eigenvalue weighted by Gasteiger charge is -2.10. The van der Waals surface area contributed by atoms with Gasteiger partial charge in [0.2, 0.25) is 0 Å². The molecule has 37 heavy (non-hydrogen) atoms. The Hall–Kier alpha value is -3.27. The zero-order valence-corrected chi connectivity index (χ0v) is 22.5. The number of carbonyl (C=O) groups is 1. The van der Waals surface area contributed by atoms with E-state index in [0.29, 0.717) is 30.1 Å². The molecule has 3 aromatic heterocycles. The first-order valence-corrected chi connectivity index (χ1v) is 14.0. The standard InChI is InChI=1S/C28H29N3O4S2/c1-17-13-23(36-16-17)20-14-22(27(32)33)26(29-15-20)31-28-30-24(25(37-28)19-5-3-4-6-19)18-7-9-21(10-8-18)35-12-11-34-2/h7-10,13-16,19H,3-6,11-12H2,1-2H3,(H,32,33)(H,29,30,31). The molecule has 192 valence electrons. The molecule has 9 heteroatoms. The molecule has 1 aliphatic carbocycles. The third kappa shape index (κ3) is 5.84. The fourth-order valence-electron chi connectivity index (χ4n) is 4.55. The topological polar surface area (TPSA) is 93.6 Å². The van der Waals surface area contributed by atoms with Gasteiger partial charge in [-0.3, -0.25) is 0 Å². The summed E-state index contributed by atoms with van der Waals surface area (Å²) in [6.07, 6.45) is 6.42. The molecular weight excluding hydrogens is 506 g/mol. The summed E-state index contributed by atoms with van der Waals surface area (Å²) in [5.41, 5.74) is 4.01. The first kappa shape index (κ1) is 25.4. The number of aromatic carboxylic acids is 1. The smallest absolute Gasteiger partial charge is 0.339 e. The van der Waals surface area contributed by atoms with E-state index in [0.717, 1.165) is 45.9 Å². The van der Waals surface area contributed by atoms with Crippen molar-refractivity contribution in [2.24, 2.45) is 0 Å². The lowest BCUT2D eigenvalue weighted by atomic mass is 10.0. The molecule has 0 unspecified atom stereocenters. The minimum Gasteiger partial charge on any atom is -0.491 e. The third-order valence-electron chi connectivity index (χ3n) is 6.42. The van der Waals surface area contributed by atoms with E-state index in [2.05, 4.69) is 10.3 Å². The van der Waals surface area contributed by atoms with Crippen molar-refractivity contribution in [3.63, 3.8) is 0 Å². The number of hydrogen-bond acceptors (Lipinski definition) is 8. The second-order valence-electron chi connectivity index (χ2n) is 9.12. The van der Waals surface area contributed by atoms with Gasteiger partial charge in [0.05, 0.1) is 12.3 Å². The summed E-state index contributed by atoms with van der Waals surface area (Å²) in [5, 5.41) is 15.8. The number of ether oxygens (including phenoxy) is 2. The van der Waals surface area contributed by atoms with E-state index in [4.69, 9.17) is 14.5 Å². The molecule has 0 aliphatic heterocycles. The van der Waals surface area contributed by atoms with Crippen LogP contribution in [0.3, 0.4) is 0 Å². The Labute approximate surface area is 224 Å². The van der Waals surface area contributed by atoms with Crippen LogP contribution in [-0.4, -0.2) is 41.4 Å². The number of thiophene rings is 1. The second-order valence-corrected chi connectivity index (χ2v) is 11.1. The number of pyridine rings is 1. The molecule has 0 radical (unpaired) electrons. The van der Waals surface area contributed by atoms with E-state index < -0.39 is 5.97 Å². The maximum absolute atomic E-state index is 12.1. The fourth-order valence-corrected chi connectivity index (χ4v) is 6.59. The molecule has 5 rings (SSSR count). The molecule has 0 bridgehead atoms. The van der Waals surface area contributed by atoms with Gasteiger partial charge in [0.25, 0.3) is 0 Å². The van der Waals surface area contributed by atoms with Crippen molar-refractivity contribution in [2.75, 3.05) is 25.6 Å². The number of carboxylic acids is 1. The number of rotatable bonds is 10. The van der Waals surface area contributed by atoms with E-state index in [1.54, 1.807) is 42.0 Å². The Morgan fingerprint density at radius 3 is 2.59 bits per heavy atom. The van der Waals surface area contributed by atoms with Crippen molar-refractivity contribution in [1.82, 2.24) is 9.97 Å². The number of benzene rings is 1. The van der Waals surface area contributed by atoms with Crippen LogP contribution in [0.25, 0.3) is 21.7 Å². The summed E-state index contributed by atoms with van der Waals surface area (Å²) in [6.45, 7) is 3.05. The van der Waals surface area contributed by atoms with Gasteiger partial charge < -0.3 is 19.9 Å². The van der Waals surface area contributed by atoms with Gasteiger partial charge in [-0.2, -0.15) is 0 Å². The highest BCUT2D eigenvalue weighted by Crippen LogP contribution is 2.44. The van der Waals surface area contributed by atoms with Crippen LogP contribution in [0.2, 0.25) is 0 Å². The normalized spacial score (nSPS) is 13.7. The minimum atomic E-state index is -1.03. The van der Waals surface area contributed by atoms with Gasteiger partial charge in [-0.25, -0.2) is 14.8 Å². The monoisotopic (exact) mass is 535 g/mol. The number of carboxylic acid groups (broad SMARTS) is 1. The largest absolute Gasteiger partial charge is 0.491 e. The van der Waals surface area contributed by atoms with E-state index in [9.17, 15) is 9.90 Å². The molecule has 1 aromatic carbocycles. The van der Waals surface area contributed by atoms with E-state index >= 15 is 0 Å². The SMILES string of the molecule is COCCOc1ccc(-c2nc(Nc3ncc(-c4cc(C)cs4)cc3C(=O)O)sc2C2CCCC2)cc1. The predicted molar refractivity (Wildman–Crippen MR) is 149 cm³/mol. The van der Waals surface area contributed by atoms with E-state index in [1.807, 2.05) is 42.6 Å². The van der Waals surface area contributed by atoms with Crippen LogP contribution in [0.5, 0.6) is 5.75 Å². The Balaban J connectivity index is 1.44. The van der Waals surface area contributed by atoms with Gasteiger partial charge in [0.15, 0.2) is 5.13 Å². The van der Waals surface area contributed by atoms with Crippen LogP contribution in [0, 0.1) is 6.92 Å². The lowest BCUT2D eigenvalue weighted by Crippen LogP contribution is -2.05. The Morgan fingerprint density at radius 1 is 1.14 bits per heavy atom. The fraction of sp³-hybridized carbons (Fsp3) is 0.321. The molecule has 4 aromatic rings. The number of nitrogens with zero attached hydrogens (tertiary/aromatic N) is 2. The summed E-state index contributed by atoms with van der Waals surface area (Å²) < 4.78 is 10.8. The summed E-state index contributed by atoms with van der Waals surface area (Å²) in [4.78, 5) is 23.8. The van der Waals surface area contributed by atoms with Crippen molar-refractivity contribution < 1.29 is 19.4 Å². The summed E-state index contributed by atoms with van der Waals surface area (Å²) >= 11 is 3.17. The van der Waals surface area contributed by atoms with Crippen LogP contribution < -0.4 is 10.1 Å². The number of anilines is 2. The van der Waals surface area contributed by atoms with Gasteiger partial charge in [-0.15, -0.1) is 22.7 Å². The van der Waals surface area contributed by atoms with Gasteiger partial charge in [0, 0.05) is 34.2 Å². The zero-order chi connectivity index (χ0) is 25.8. The van der Waals surface area contributed by atoms with Crippen LogP contribution in [0.4, 0.5) is 10.9 Å². The van der Waals surface area contributed by atoms with Gasteiger partial charge in [0.1, 0.15) is 23.7 Å². The number of hydrogen-bond donors (Lipinski definition) is 2. The molecular formula is C28H29N3O4S2. The van der Waals surface area contributed by atoms with Gasteiger partial charge >= 0.3 is 5.97 Å². The Bertz CT molecular complexity index is 1370. The number of methoxy groups -OCH3 is 1. The van der Waals surface area contributed by atoms with E-state index in [1.165, 1.54) is 17.7 Å². The van der Waals surface area contributed by atoms with Crippen LogP contribution >= 0.6 is 22.7 Å². The zero-order valence-electron chi connectivity index (χ0n) is 20.8. The molecule has 0 amide bonds. The third-order valence-corrected chi connectivity index (χ3v) is 8.65. The molecule has 0 saturated heterocycles. The molecule has 1 saturated carbocycles. The first-order chi connectivity index (χ1) is 18.0. The minimum absolute atomic E-state index is 0.125. The Kier molecular flexibility index (Phi) is 7.83. The highest BCUT2D eigenvalue weighted by Gasteiger charge is 2.25.